The molecule has 2 rings (SSSR count). The number of carbonyl (C=O) groups is 2. The number of nitrogens with zero attached hydrogens (tertiary/aromatic N) is 1. The SMILES string of the molecule is CC(=O)N(CCNC(=O)c1ccc(Br)cc1)C1CC1. The molecule has 1 aromatic carbocycles. The second-order valence-corrected chi connectivity index (χ2v) is 5.62. The molecule has 0 unspecified atom stereocenters. The Balaban J connectivity index is 1.80. The molecule has 1 N–H and O–H groups in total. The maximum absolute atomic E-state index is 11.9. The Morgan fingerprint density at radius 1 is 1.32 bits per heavy atom. The van der Waals surface area contributed by atoms with Crippen LogP contribution >= 0.6 is 15.9 Å². The molecule has 102 valence electrons. The van der Waals surface area contributed by atoms with E-state index in [-0.39, 0.29) is 11.8 Å². The molecule has 0 aromatic heterocycles. The van der Waals surface area contributed by atoms with Crippen LogP contribution < -0.4 is 5.32 Å². The standard InChI is InChI=1S/C14H17BrN2O2/c1-10(18)17(13-6-7-13)9-8-16-14(19)11-2-4-12(15)5-3-11/h2-5,13H,6-9H2,1H3,(H,16,19). The first-order chi connectivity index (χ1) is 9.08. The fourth-order valence-electron chi connectivity index (χ4n) is 1.98. The molecule has 1 aliphatic carbocycles. The summed E-state index contributed by atoms with van der Waals surface area (Å²) >= 11 is 3.33. The van der Waals surface area contributed by atoms with Crippen LogP contribution in [0.1, 0.15) is 30.1 Å². The fourth-order valence-corrected chi connectivity index (χ4v) is 2.24. The highest BCUT2D eigenvalue weighted by molar-refractivity contribution is 9.10. The van der Waals surface area contributed by atoms with Gasteiger partial charge in [0.2, 0.25) is 5.91 Å². The molecule has 19 heavy (non-hydrogen) atoms. The maximum atomic E-state index is 11.9. The van der Waals surface area contributed by atoms with Crippen LogP contribution in [0.2, 0.25) is 0 Å². The second-order valence-electron chi connectivity index (χ2n) is 4.71. The van der Waals surface area contributed by atoms with E-state index in [9.17, 15) is 9.59 Å². The van der Waals surface area contributed by atoms with Crippen molar-refractivity contribution in [1.82, 2.24) is 10.2 Å². The van der Waals surface area contributed by atoms with Crippen LogP contribution in [0.5, 0.6) is 0 Å². The Morgan fingerprint density at radius 2 is 1.95 bits per heavy atom. The average molecular weight is 325 g/mol. The Morgan fingerprint density at radius 3 is 2.47 bits per heavy atom. The molecule has 0 saturated heterocycles. The lowest BCUT2D eigenvalue weighted by molar-refractivity contribution is -0.129. The largest absolute Gasteiger partial charge is 0.350 e. The summed E-state index contributed by atoms with van der Waals surface area (Å²) in [6.07, 6.45) is 2.17. The minimum Gasteiger partial charge on any atom is -0.350 e. The third-order valence-electron chi connectivity index (χ3n) is 3.14. The summed E-state index contributed by atoms with van der Waals surface area (Å²) in [5.41, 5.74) is 0.629. The van der Waals surface area contributed by atoms with Crippen LogP contribution in [-0.2, 0) is 4.79 Å². The molecule has 5 heteroatoms. The third-order valence-corrected chi connectivity index (χ3v) is 3.67. The molecule has 0 radical (unpaired) electrons. The Labute approximate surface area is 121 Å². The first-order valence-electron chi connectivity index (χ1n) is 6.39. The summed E-state index contributed by atoms with van der Waals surface area (Å²) in [7, 11) is 0. The molecule has 0 bridgehead atoms. The molecular weight excluding hydrogens is 308 g/mol. The van der Waals surface area contributed by atoms with Gasteiger partial charge in [-0.3, -0.25) is 9.59 Å². The van der Waals surface area contributed by atoms with E-state index in [4.69, 9.17) is 0 Å². The second kappa shape index (κ2) is 6.19. The van der Waals surface area contributed by atoms with Gasteiger partial charge < -0.3 is 10.2 Å². The summed E-state index contributed by atoms with van der Waals surface area (Å²) in [5.74, 6) is -0.0211. The van der Waals surface area contributed by atoms with E-state index in [2.05, 4.69) is 21.2 Å². The van der Waals surface area contributed by atoms with E-state index in [0.29, 0.717) is 24.7 Å². The van der Waals surface area contributed by atoms with Crippen molar-refractivity contribution in [3.8, 4) is 0 Å². The van der Waals surface area contributed by atoms with E-state index < -0.39 is 0 Å². The maximum Gasteiger partial charge on any atom is 0.251 e. The minimum absolute atomic E-state index is 0.0837. The van der Waals surface area contributed by atoms with E-state index in [1.54, 1.807) is 19.1 Å². The number of hydrogen-bond acceptors (Lipinski definition) is 2. The zero-order valence-corrected chi connectivity index (χ0v) is 12.4. The molecule has 0 spiro atoms. The van der Waals surface area contributed by atoms with Gasteiger partial charge in [0.1, 0.15) is 0 Å². The molecule has 1 aliphatic rings. The molecule has 2 amide bonds. The summed E-state index contributed by atoms with van der Waals surface area (Å²) in [6.45, 7) is 2.65. The monoisotopic (exact) mass is 324 g/mol. The number of amides is 2. The average Bonchev–Trinajstić information content (AvgIpc) is 3.19. The van der Waals surface area contributed by atoms with Crippen molar-refractivity contribution < 1.29 is 9.59 Å². The number of nitrogens with one attached hydrogen (secondary N) is 1. The van der Waals surface area contributed by atoms with E-state index in [1.807, 2.05) is 17.0 Å². The molecule has 1 saturated carbocycles. The Bertz CT molecular complexity index is 469. The number of benzene rings is 1. The molecule has 0 heterocycles. The first-order valence-corrected chi connectivity index (χ1v) is 7.18. The minimum atomic E-state index is -0.105. The van der Waals surface area contributed by atoms with Crippen molar-refractivity contribution >= 4 is 27.7 Å². The van der Waals surface area contributed by atoms with Crippen molar-refractivity contribution in [3.05, 3.63) is 34.3 Å². The highest BCUT2D eigenvalue weighted by atomic mass is 79.9. The molecule has 4 nitrogen and oxygen atoms in total. The van der Waals surface area contributed by atoms with Gasteiger partial charge in [-0.15, -0.1) is 0 Å². The van der Waals surface area contributed by atoms with E-state index >= 15 is 0 Å². The van der Waals surface area contributed by atoms with Gasteiger partial charge in [0.25, 0.3) is 5.91 Å². The molecule has 0 atom stereocenters. The van der Waals surface area contributed by atoms with Gasteiger partial charge in [-0.2, -0.15) is 0 Å². The topological polar surface area (TPSA) is 49.4 Å². The zero-order chi connectivity index (χ0) is 13.8. The van der Waals surface area contributed by atoms with Crippen molar-refractivity contribution in [2.24, 2.45) is 0 Å². The van der Waals surface area contributed by atoms with Crippen LogP contribution in [0, 0.1) is 0 Å². The number of halogens is 1. The lowest BCUT2D eigenvalue weighted by Crippen LogP contribution is -2.38. The van der Waals surface area contributed by atoms with Crippen LogP contribution in [-0.4, -0.2) is 35.8 Å². The highest BCUT2D eigenvalue weighted by Crippen LogP contribution is 2.26. The van der Waals surface area contributed by atoms with Crippen molar-refractivity contribution in [2.45, 2.75) is 25.8 Å². The Hall–Kier alpha value is -1.36. The zero-order valence-electron chi connectivity index (χ0n) is 10.9. The first kappa shape index (κ1) is 14.1. The van der Waals surface area contributed by atoms with Crippen LogP contribution in [0.15, 0.2) is 28.7 Å². The molecule has 1 fully saturated rings. The number of hydrogen-bond donors (Lipinski definition) is 1. The predicted octanol–water partition coefficient (Wildman–Crippen LogP) is 2.19. The normalized spacial score (nSPS) is 14.0. The van der Waals surface area contributed by atoms with Gasteiger partial charge in [0.05, 0.1) is 0 Å². The van der Waals surface area contributed by atoms with Gasteiger partial charge in [-0.25, -0.2) is 0 Å². The predicted molar refractivity (Wildman–Crippen MR) is 76.9 cm³/mol. The van der Waals surface area contributed by atoms with E-state index in [0.717, 1.165) is 17.3 Å². The van der Waals surface area contributed by atoms with Crippen molar-refractivity contribution in [3.63, 3.8) is 0 Å². The summed E-state index contributed by atoms with van der Waals surface area (Å²) in [5, 5.41) is 2.84. The third kappa shape index (κ3) is 4.06. The summed E-state index contributed by atoms with van der Waals surface area (Å²) < 4.78 is 0.945. The highest BCUT2D eigenvalue weighted by Gasteiger charge is 2.30. The summed E-state index contributed by atoms with van der Waals surface area (Å²) in [6, 6.07) is 7.59. The lowest BCUT2D eigenvalue weighted by Gasteiger charge is -2.20. The number of carbonyl (C=O) groups excluding carboxylic acids is 2. The van der Waals surface area contributed by atoms with Gasteiger partial charge >= 0.3 is 0 Å². The van der Waals surface area contributed by atoms with Crippen molar-refractivity contribution in [1.29, 1.82) is 0 Å². The molecule has 1 aromatic rings. The fraction of sp³-hybridized carbons (Fsp3) is 0.429. The van der Waals surface area contributed by atoms with Gasteiger partial charge in [-0.05, 0) is 37.1 Å². The van der Waals surface area contributed by atoms with Crippen LogP contribution in [0.25, 0.3) is 0 Å². The molecular formula is C14H17BrN2O2. The van der Waals surface area contributed by atoms with Crippen LogP contribution in [0.3, 0.4) is 0 Å². The smallest absolute Gasteiger partial charge is 0.251 e. The van der Waals surface area contributed by atoms with E-state index in [1.165, 1.54) is 0 Å². The van der Waals surface area contributed by atoms with Crippen LogP contribution in [0.4, 0.5) is 0 Å². The molecule has 0 aliphatic heterocycles. The van der Waals surface area contributed by atoms with Gasteiger partial charge in [-0.1, -0.05) is 15.9 Å². The van der Waals surface area contributed by atoms with Gasteiger partial charge in [0, 0.05) is 36.1 Å². The number of rotatable bonds is 5. The van der Waals surface area contributed by atoms with Crippen molar-refractivity contribution in [2.75, 3.05) is 13.1 Å². The Kier molecular flexibility index (Phi) is 4.58. The lowest BCUT2D eigenvalue weighted by atomic mass is 10.2. The quantitative estimate of drug-likeness (QED) is 0.902. The van der Waals surface area contributed by atoms with Gasteiger partial charge in [0.15, 0.2) is 0 Å². The summed E-state index contributed by atoms with van der Waals surface area (Å²) in [4.78, 5) is 25.1.